The summed E-state index contributed by atoms with van der Waals surface area (Å²) in [5, 5.41) is 8.71. The van der Waals surface area contributed by atoms with Crippen molar-refractivity contribution in [2.45, 2.75) is 9.50 Å². The van der Waals surface area contributed by atoms with E-state index >= 15 is 0 Å². The van der Waals surface area contributed by atoms with Crippen molar-refractivity contribution in [1.82, 2.24) is 20.2 Å². The molecule has 0 bridgehead atoms. The van der Waals surface area contributed by atoms with Gasteiger partial charge < -0.3 is 9.72 Å². The molecule has 0 aliphatic rings. The summed E-state index contributed by atoms with van der Waals surface area (Å²) in [6.45, 7) is 0. The van der Waals surface area contributed by atoms with Crippen molar-refractivity contribution in [1.29, 1.82) is 0 Å². The average Bonchev–Trinajstić information content (AvgIpc) is 2.94. The number of methoxy groups -OCH3 is 1. The van der Waals surface area contributed by atoms with E-state index in [1.165, 1.54) is 23.1 Å². The molecule has 0 unspecified atom stereocenters. The molecular formula is C10H7BrN4OS2. The van der Waals surface area contributed by atoms with Crippen molar-refractivity contribution in [2.24, 2.45) is 0 Å². The molecule has 0 saturated heterocycles. The number of aromatic amines is 1. The van der Waals surface area contributed by atoms with Crippen LogP contribution in [0.5, 0.6) is 5.75 Å². The first-order chi connectivity index (χ1) is 8.74. The fraction of sp³-hybridized carbons (Fsp3) is 0.100. The van der Waals surface area contributed by atoms with Crippen LogP contribution >= 0.6 is 39.0 Å². The predicted octanol–water partition coefficient (Wildman–Crippen LogP) is 3.34. The Morgan fingerprint density at radius 1 is 1.39 bits per heavy atom. The molecule has 0 spiro atoms. The average molecular weight is 343 g/mol. The minimum absolute atomic E-state index is 0.766. The molecule has 1 aromatic carbocycles. The van der Waals surface area contributed by atoms with Crippen molar-refractivity contribution < 1.29 is 4.74 Å². The van der Waals surface area contributed by atoms with Gasteiger partial charge >= 0.3 is 0 Å². The van der Waals surface area contributed by atoms with E-state index in [0.717, 1.165) is 30.2 Å². The third-order valence-electron chi connectivity index (χ3n) is 2.23. The highest BCUT2D eigenvalue weighted by Crippen LogP contribution is 2.31. The van der Waals surface area contributed by atoms with Gasteiger partial charge in [0, 0.05) is 6.07 Å². The Morgan fingerprint density at radius 3 is 3.00 bits per heavy atom. The first kappa shape index (κ1) is 11.9. The molecule has 2 heterocycles. The SMILES string of the molecule is COc1ccc2nc(Sc3nnc(Br)s3)[nH]c2c1. The Hall–Kier alpha value is -1.12. The van der Waals surface area contributed by atoms with Crippen LogP contribution in [-0.4, -0.2) is 27.3 Å². The van der Waals surface area contributed by atoms with Crippen LogP contribution in [0.1, 0.15) is 0 Å². The summed E-state index contributed by atoms with van der Waals surface area (Å²) in [7, 11) is 1.64. The summed E-state index contributed by atoms with van der Waals surface area (Å²) in [4.78, 5) is 7.69. The maximum absolute atomic E-state index is 5.17. The standard InChI is InChI=1S/C10H7BrN4OS2/c1-16-5-2-3-6-7(4-5)13-9(12-6)18-10-15-14-8(11)17-10/h2-4H,1H3,(H,12,13). The van der Waals surface area contributed by atoms with Gasteiger partial charge in [0.25, 0.3) is 0 Å². The van der Waals surface area contributed by atoms with Gasteiger partial charge in [-0.1, -0.05) is 11.3 Å². The van der Waals surface area contributed by atoms with Crippen LogP contribution in [0.25, 0.3) is 11.0 Å². The fourth-order valence-electron chi connectivity index (χ4n) is 1.46. The van der Waals surface area contributed by atoms with Gasteiger partial charge in [-0.15, -0.1) is 10.2 Å². The molecule has 18 heavy (non-hydrogen) atoms. The molecule has 0 fully saturated rings. The minimum Gasteiger partial charge on any atom is -0.497 e. The number of nitrogens with zero attached hydrogens (tertiary/aromatic N) is 3. The van der Waals surface area contributed by atoms with Crippen molar-refractivity contribution in [2.75, 3.05) is 7.11 Å². The molecular weight excluding hydrogens is 336 g/mol. The van der Waals surface area contributed by atoms with E-state index in [-0.39, 0.29) is 0 Å². The van der Waals surface area contributed by atoms with Gasteiger partial charge in [-0.25, -0.2) is 4.98 Å². The largest absolute Gasteiger partial charge is 0.497 e. The van der Waals surface area contributed by atoms with Gasteiger partial charge in [0.1, 0.15) is 5.75 Å². The molecule has 1 N–H and O–H groups in total. The lowest BCUT2D eigenvalue weighted by Gasteiger charge is -1.96. The van der Waals surface area contributed by atoms with Crippen molar-refractivity contribution in [3.8, 4) is 5.75 Å². The number of hydrogen-bond acceptors (Lipinski definition) is 6. The number of halogens is 1. The van der Waals surface area contributed by atoms with Crippen LogP contribution in [0, 0.1) is 0 Å². The van der Waals surface area contributed by atoms with Crippen molar-refractivity contribution in [3.63, 3.8) is 0 Å². The van der Waals surface area contributed by atoms with Gasteiger partial charge in [0.2, 0.25) is 0 Å². The molecule has 2 aromatic heterocycles. The number of benzene rings is 1. The molecule has 5 nitrogen and oxygen atoms in total. The molecule has 0 atom stereocenters. The maximum atomic E-state index is 5.17. The van der Waals surface area contributed by atoms with Crippen molar-refractivity contribution >= 4 is 50.1 Å². The molecule has 3 rings (SSSR count). The molecule has 8 heteroatoms. The van der Waals surface area contributed by atoms with Gasteiger partial charge in [-0.3, -0.25) is 0 Å². The Morgan fingerprint density at radius 2 is 2.28 bits per heavy atom. The Bertz CT molecular complexity index is 696. The fourth-order valence-corrected chi connectivity index (χ4v) is 3.82. The van der Waals surface area contributed by atoms with Gasteiger partial charge in [-0.05, 0) is 39.8 Å². The lowest BCUT2D eigenvalue weighted by molar-refractivity contribution is 0.415. The summed E-state index contributed by atoms with van der Waals surface area (Å²) in [5.41, 5.74) is 1.85. The number of ether oxygens (including phenoxy) is 1. The summed E-state index contributed by atoms with van der Waals surface area (Å²) < 4.78 is 6.78. The molecule has 0 saturated carbocycles. The monoisotopic (exact) mass is 342 g/mol. The smallest absolute Gasteiger partial charge is 0.184 e. The second-order valence-corrected chi connectivity index (χ2v) is 6.84. The Kier molecular flexibility index (Phi) is 3.23. The van der Waals surface area contributed by atoms with E-state index in [1.54, 1.807) is 7.11 Å². The summed E-state index contributed by atoms with van der Waals surface area (Å²) in [6.07, 6.45) is 0. The predicted molar refractivity (Wildman–Crippen MR) is 74.4 cm³/mol. The molecule has 92 valence electrons. The maximum Gasteiger partial charge on any atom is 0.184 e. The molecule has 0 radical (unpaired) electrons. The highest BCUT2D eigenvalue weighted by Gasteiger charge is 2.09. The zero-order valence-electron chi connectivity index (χ0n) is 9.18. The van der Waals surface area contributed by atoms with Crippen LogP contribution in [0.3, 0.4) is 0 Å². The van der Waals surface area contributed by atoms with Gasteiger partial charge in [-0.2, -0.15) is 0 Å². The van der Waals surface area contributed by atoms with E-state index in [4.69, 9.17) is 4.74 Å². The quantitative estimate of drug-likeness (QED) is 0.790. The molecule has 0 aliphatic heterocycles. The first-order valence-corrected chi connectivity index (χ1v) is 7.38. The van der Waals surface area contributed by atoms with Crippen LogP contribution in [-0.2, 0) is 0 Å². The number of fused-ring (bicyclic) bond motifs is 1. The summed E-state index contributed by atoms with van der Waals surface area (Å²) >= 11 is 6.21. The summed E-state index contributed by atoms with van der Waals surface area (Å²) in [5.74, 6) is 0.807. The van der Waals surface area contributed by atoms with Crippen LogP contribution < -0.4 is 4.74 Å². The zero-order chi connectivity index (χ0) is 12.5. The summed E-state index contributed by atoms with van der Waals surface area (Å²) in [6, 6.07) is 5.73. The normalized spacial score (nSPS) is 11.0. The second kappa shape index (κ2) is 4.87. The zero-order valence-corrected chi connectivity index (χ0v) is 12.4. The number of H-pyrrole nitrogens is 1. The van der Waals surface area contributed by atoms with E-state index in [9.17, 15) is 0 Å². The van der Waals surface area contributed by atoms with Crippen LogP contribution in [0.2, 0.25) is 0 Å². The third-order valence-corrected chi connectivity index (χ3v) is 4.53. The topological polar surface area (TPSA) is 63.7 Å². The van der Waals surface area contributed by atoms with Crippen LogP contribution in [0.4, 0.5) is 0 Å². The second-order valence-electron chi connectivity index (χ2n) is 3.35. The number of nitrogens with one attached hydrogen (secondary N) is 1. The minimum atomic E-state index is 0.766. The van der Waals surface area contributed by atoms with E-state index < -0.39 is 0 Å². The number of imidazole rings is 1. The molecule has 3 aromatic rings. The van der Waals surface area contributed by atoms with E-state index in [0.29, 0.717) is 0 Å². The number of aromatic nitrogens is 4. The van der Waals surface area contributed by atoms with Crippen molar-refractivity contribution in [3.05, 3.63) is 22.1 Å². The highest BCUT2D eigenvalue weighted by atomic mass is 79.9. The molecule has 0 aliphatic carbocycles. The number of rotatable bonds is 3. The van der Waals surface area contributed by atoms with E-state index in [2.05, 4.69) is 36.1 Å². The van der Waals surface area contributed by atoms with E-state index in [1.807, 2.05) is 18.2 Å². The lowest BCUT2D eigenvalue weighted by atomic mass is 10.3. The Balaban J connectivity index is 1.93. The Labute approximate surface area is 119 Å². The van der Waals surface area contributed by atoms with Crippen LogP contribution in [0.15, 0.2) is 31.6 Å². The highest BCUT2D eigenvalue weighted by molar-refractivity contribution is 9.11. The lowest BCUT2D eigenvalue weighted by Crippen LogP contribution is -1.81. The number of hydrogen-bond donors (Lipinski definition) is 1. The third kappa shape index (κ3) is 2.36. The van der Waals surface area contributed by atoms with Gasteiger partial charge in [0.15, 0.2) is 13.4 Å². The first-order valence-electron chi connectivity index (χ1n) is 4.95. The van der Waals surface area contributed by atoms with Gasteiger partial charge in [0.05, 0.1) is 18.1 Å². The molecule has 0 amide bonds.